The van der Waals surface area contributed by atoms with Crippen LogP contribution in [0.3, 0.4) is 0 Å². The SMILES string of the molecule is O=C(N=Nc1c(O)n(-c2ccccc2)c2ccccc12)c1ccccc1. The van der Waals surface area contributed by atoms with Gasteiger partial charge < -0.3 is 5.11 Å². The lowest BCUT2D eigenvalue weighted by Crippen LogP contribution is -1.92. The van der Waals surface area contributed by atoms with Gasteiger partial charge in [0.15, 0.2) is 5.69 Å². The molecule has 0 aliphatic rings. The molecule has 0 bridgehead atoms. The van der Waals surface area contributed by atoms with Crippen LogP contribution in [0.25, 0.3) is 16.6 Å². The summed E-state index contributed by atoms with van der Waals surface area (Å²) in [6.07, 6.45) is 0. The van der Waals surface area contributed by atoms with Gasteiger partial charge in [-0.3, -0.25) is 9.36 Å². The van der Waals surface area contributed by atoms with Crippen LogP contribution in [0.2, 0.25) is 0 Å². The highest BCUT2D eigenvalue weighted by Crippen LogP contribution is 2.40. The zero-order valence-electron chi connectivity index (χ0n) is 13.8. The third-order valence-corrected chi connectivity index (χ3v) is 4.10. The predicted molar refractivity (Wildman–Crippen MR) is 100 cm³/mol. The van der Waals surface area contributed by atoms with Gasteiger partial charge in [-0.25, -0.2) is 0 Å². The molecule has 0 spiro atoms. The Morgan fingerprint density at radius 2 is 1.42 bits per heavy atom. The third-order valence-electron chi connectivity index (χ3n) is 4.10. The molecule has 0 aliphatic heterocycles. The molecule has 0 aliphatic carbocycles. The minimum atomic E-state index is -0.457. The number of aromatic hydroxyl groups is 1. The molecule has 1 aromatic heterocycles. The average molecular weight is 341 g/mol. The maximum Gasteiger partial charge on any atom is 0.295 e. The van der Waals surface area contributed by atoms with Gasteiger partial charge in [-0.2, -0.15) is 0 Å². The van der Waals surface area contributed by atoms with Crippen LogP contribution in [0.1, 0.15) is 10.4 Å². The molecule has 0 unspecified atom stereocenters. The maximum atomic E-state index is 12.2. The lowest BCUT2D eigenvalue weighted by molar-refractivity contribution is 0.0995. The number of para-hydroxylation sites is 2. The van der Waals surface area contributed by atoms with Crippen LogP contribution in [0.4, 0.5) is 5.69 Å². The van der Waals surface area contributed by atoms with Gasteiger partial charge in [0.25, 0.3) is 5.91 Å². The molecule has 26 heavy (non-hydrogen) atoms. The van der Waals surface area contributed by atoms with E-state index < -0.39 is 5.91 Å². The Bertz CT molecular complexity index is 1100. The molecule has 5 nitrogen and oxygen atoms in total. The molecule has 1 heterocycles. The van der Waals surface area contributed by atoms with Gasteiger partial charge in [0.05, 0.1) is 5.52 Å². The first-order chi connectivity index (χ1) is 12.8. The number of aromatic nitrogens is 1. The Morgan fingerprint density at radius 3 is 2.15 bits per heavy atom. The van der Waals surface area contributed by atoms with Crippen LogP contribution in [-0.4, -0.2) is 15.6 Å². The van der Waals surface area contributed by atoms with Crippen LogP contribution in [0.15, 0.2) is 95.2 Å². The van der Waals surface area contributed by atoms with E-state index >= 15 is 0 Å². The molecular formula is C21H15N3O2. The summed E-state index contributed by atoms with van der Waals surface area (Å²) in [5, 5.41) is 19.3. The fourth-order valence-corrected chi connectivity index (χ4v) is 2.88. The number of carbonyl (C=O) groups is 1. The van der Waals surface area contributed by atoms with Crippen molar-refractivity contribution in [2.24, 2.45) is 10.2 Å². The number of hydrogen-bond donors (Lipinski definition) is 1. The fraction of sp³-hybridized carbons (Fsp3) is 0. The number of azo groups is 1. The lowest BCUT2D eigenvalue weighted by atomic mass is 10.2. The van der Waals surface area contributed by atoms with E-state index in [4.69, 9.17) is 0 Å². The van der Waals surface area contributed by atoms with E-state index in [1.807, 2.05) is 60.7 Å². The van der Waals surface area contributed by atoms with Crippen LogP contribution in [0.5, 0.6) is 5.88 Å². The van der Waals surface area contributed by atoms with Crippen molar-refractivity contribution in [2.45, 2.75) is 0 Å². The molecule has 0 saturated carbocycles. The summed E-state index contributed by atoms with van der Waals surface area (Å²) in [6.45, 7) is 0. The molecule has 4 aromatic rings. The van der Waals surface area contributed by atoms with Gasteiger partial charge in [-0.1, -0.05) is 54.6 Å². The summed E-state index contributed by atoms with van der Waals surface area (Å²) in [5.74, 6) is -0.511. The van der Waals surface area contributed by atoms with E-state index in [2.05, 4.69) is 10.2 Å². The third kappa shape index (κ3) is 2.75. The zero-order valence-corrected chi connectivity index (χ0v) is 13.8. The molecule has 0 radical (unpaired) electrons. The molecule has 5 heteroatoms. The number of amides is 1. The summed E-state index contributed by atoms with van der Waals surface area (Å²) >= 11 is 0. The van der Waals surface area contributed by atoms with Crippen LogP contribution in [0, 0.1) is 0 Å². The summed E-state index contributed by atoms with van der Waals surface area (Å²) in [4.78, 5) is 12.2. The number of rotatable bonds is 3. The second-order valence-corrected chi connectivity index (χ2v) is 5.73. The molecule has 0 atom stereocenters. The topological polar surface area (TPSA) is 66.9 Å². The molecule has 1 amide bonds. The first kappa shape index (κ1) is 15.8. The van der Waals surface area contributed by atoms with Gasteiger partial charge in [0.1, 0.15) is 0 Å². The Labute approximate surface area is 149 Å². The molecule has 0 saturated heterocycles. The second-order valence-electron chi connectivity index (χ2n) is 5.73. The summed E-state index contributed by atoms with van der Waals surface area (Å²) in [7, 11) is 0. The number of benzene rings is 3. The Balaban J connectivity index is 1.82. The van der Waals surface area contributed by atoms with Crippen molar-refractivity contribution in [1.82, 2.24) is 4.57 Å². The van der Waals surface area contributed by atoms with Crippen molar-refractivity contribution >= 4 is 22.5 Å². The van der Waals surface area contributed by atoms with E-state index in [0.717, 1.165) is 16.6 Å². The Morgan fingerprint density at radius 1 is 0.808 bits per heavy atom. The molecular weight excluding hydrogens is 326 g/mol. The van der Waals surface area contributed by atoms with Crippen molar-refractivity contribution in [3.8, 4) is 11.6 Å². The fourth-order valence-electron chi connectivity index (χ4n) is 2.88. The average Bonchev–Trinajstić information content (AvgIpc) is 2.99. The number of hydrogen-bond acceptors (Lipinski definition) is 3. The molecule has 4 rings (SSSR count). The van der Waals surface area contributed by atoms with Gasteiger partial charge in [0, 0.05) is 16.6 Å². The van der Waals surface area contributed by atoms with E-state index in [-0.39, 0.29) is 11.6 Å². The largest absolute Gasteiger partial charge is 0.493 e. The Kier molecular flexibility index (Phi) is 4.03. The Hall–Kier alpha value is -3.73. The van der Waals surface area contributed by atoms with Crippen molar-refractivity contribution in [2.75, 3.05) is 0 Å². The summed E-state index contributed by atoms with van der Waals surface area (Å²) < 4.78 is 1.69. The van der Waals surface area contributed by atoms with Crippen LogP contribution >= 0.6 is 0 Å². The number of carbonyl (C=O) groups excluding carboxylic acids is 1. The van der Waals surface area contributed by atoms with E-state index in [1.54, 1.807) is 28.8 Å². The predicted octanol–water partition coefficient (Wildman–Crippen LogP) is 5.26. The van der Waals surface area contributed by atoms with E-state index in [9.17, 15) is 9.90 Å². The summed E-state index contributed by atoms with van der Waals surface area (Å²) in [5.41, 5.74) is 2.31. The van der Waals surface area contributed by atoms with Gasteiger partial charge >= 0.3 is 0 Å². The zero-order chi connectivity index (χ0) is 17.9. The van der Waals surface area contributed by atoms with Crippen LogP contribution in [-0.2, 0) is 0 Å². The minimum absolute atomic E-state index is 0.0537. The number of fused-ring (bicyclic) bond motifs is 1. The highest BCUT2D eigenvalue weighted by atomic mass is 16.3. The lowest BCUT2D eigenvalue weighted by Gasteiger charge is -2.06. The molecule has 1 N–H and O–H groups in total. The van der Waals surface area contributed by atoms with Crippen LogP contribution < -0.4 is 0 Å². The van der Waals surface area contributed by atoms with Crippen molar-refractivity contribution in [3.05, 3.63) is 90.5 Å². The second kappa shape index (κ2) is 6.64. The molecule has 3 aromatic carbocycles. The smallest absolute Gasteiger partial charge is 0.295 e. The van der Waals surface area contributed by atoms with Gasteiger partial charge in [0.2, 0.25) is 5.88 Å². The van der Waals surface area contributed by atoms with Gasteiger partial charge in [-0.05, 0) is 30.3 Å². The highest BCUT2D eigenvalue weighted by molar-refractivity contribution is 5.98. The van der Waals surface area contributed by atoms with E-state index in [0.29, 0.717) is 5.56 Å². The molecule has 126 valence electrons. The number of nitrogens with zero attached hydrogens (tertiary/aromatic N) is 3. The quantitative estimate of drug-likeness (QED) is 0.516. The monoisotopic (exact) mass is 341 g/mol. The minimum Gasteiger partial charge on any atom is -0.493 e. The standard InChI is InChI=1S/C21H15N3O2/c25-20(15-9-3-1-4-10-15)23-22-19-17-13-7-8-14-18(17)24(21(19)26)16-11-5-2-6-12-16/h1-14,26H. The highest BCUT2D eigenvalue weighted by Gasteiger charge is 2.17. The first-order valence-electron chi connectivity index (χ1n) is 8.14. The van der Waals surface area contributed by atoms with Crippen molar-refractivity contribution in [3.63, 3.8) is 0 Å². The van der Waals surface area contributed by atoms with Crippen molar-refractivity contribution < 1.29 is 9.90 Å². The van der Waals surface area contributed by atoms with Crippen molar-refractivity contribution in [1.29, 1.82) is 0 Å². The molecule has 0 fully saturated rings. The first-order valence-corrected chi connectivity index (χ1v) is 8.14. The van der Waals surface area contributed by atoms with E-state index in [1.165, 1.54) is 0 Å². The normalized spacial score (nSPS) is 11.2. The maximum absolute atomic E-state index is 12.2. The summed E-state index contributed by atoms with van der Waals surface area (Å²) in [6, 6.07) is 25.7. The van der Waals surface area contributed by atoms with Gasteiger partial charge in [-0.15, -0.1) is 10.2 Å².